The van der Waals surface area contributed by atoms with Gasteiger partial charge >= 0.3 is 6.18 Å². The van der Waals surface area contributed by atoms with Gasteiger partial charge in [-0.05, 0) is 37.2 Å². The number of halogens is 4. The van der Waals surface area contributed by atoms with Crippen LogP contribution in [0.5, 0.6) is 0 Å². The van der Waals surface area contributed by atoms with Crippen molar-refractivity contribution in [2.75, 3.05) is 18.4 Å². The number of benzene rings is 1. The first-order valence-corrected chi connectivity index (χ1v) is 7.04. The second kappa shape index (κ2) is 7.14. The maximum Gasteiger partial charge on any atom is 0.416 e. The lowest BCUT2D eigenvalue weighted by atomic mass is 10.1. The highest BCUT2D eigenvalue weighted by Crippen LogP contribution is 2.29. The summed E-state index contributed by atoms with van der Waals surface area (Å²) in [5.74, 6) is 0. The van der Waals surface area contributed by atoms with Gasteiger partial charge in [0.05, 0.1) is 5.56 Å². The molecule has 0 bridgehead atoms. The first kappa shape index (κ1) is 15.5. The minimum absolute atomic E-state index is 0.588. The standard InChI is InChI=1S/C13H17BrF3N/c1-2-18(9-3-8-14)10-11-4-6-12(7-5-11)13(15,16)17/h4-7H,2-3,8-10H2,1H3. The lowest BCUT2D eigenvalue weighted by molar-refractivity contribution is -0.137. The molecule has 0 spiro atoms. The van der Waals surface area contributed by atoms with Crippen molar-refractivity contribution in [2.24, 2.45) is 0 Å². The third kappa shape index (κ3) is 4.98. The van der Waals surface area contributed by atoms with E-state index in [-0.39, 0.29) is 0 Å². The molecule has 5 heteroatoms. The zero-order valence-electron chi connectivity index (χ0n) is 10.3. The van der Waals surface area contributed by atoms with E-state index in [0.29, 0.717) is 6.54 Å². The van der Waals surface area contributed by atoms with E-state index in [2.05, 4.69) is 27.8 Å². The van der Waals surface area contributed by atoms with Gasteiger partial charge in [0.25, 0.3) is 0 Å². The zero-order valence-corrected chi connectivity index (χ0v) is 11.9. The highest BCUT2D eigenvalue weighted by atomic mass is 79.9. The smallest absolute Gasteiger partial charge is 0.299 e. The van der Waals surface area contributed by atoms with Gasteiger partial charge in [-0.25, -0.2) is 0 Å². The number of nitrogens with zero attached hydrogens (tertiary/aromatic N) is 1. The molecule has 0 radical (unpaired) electrons. The van der Waals surface area contributed by atoms with Crippen LogP contribution in [0.15, 0.2) is 24.3 Å². The molecule has 1 aromatic carbocycles. The average Bonchev–Trinajstić information content (AvgIpc) is 2.34. The summed E-state index contributed by atoms with van der Waals surface area (Å²) in [6, 6.07) is 5.40. The molecule has 1 nitrogen and oxygen atoms in total. The third-order valence-corrected chi connectivity index (χ3v) is 3.30. The van der Waals surface area contributed by atoms with Crippen molar-refractivity contribution in [1.82, 2.24) is 4.90 Å². The van der Waals surface area contributed by atoms with Crippen LogP contribution in [0.3, 0.4) is 0 Å². The molecule has 0 amide bonds. The monoisotopic (exact) mass is 323 g/mol. The van der Waals surface area contributed by atoms with Crippen molar-refractivity contribution in [1.29, 1.82) is 0 Å². The van der Waals surface area contributed by atoms with Crippen LogP contribution in [0, 0.1) is 0 Å². The van der Waals surface area contributed by atoms with Gasteiger partial charge < -0.3 is 0 Å². The number of hydrogen-bond donors (Lipinski definition) is 0. The lowest BCUT2D eigenvalue weighted by Crippen LogP contribution is -2.24. The molecule has 0 atom stereocenters. The van der Waals surface area contributed by atoms with Crippen molar-refractivity contribution in [3.05, 3.63) is 35.4 Å². The van der Waals surface area contributed by atoms with Crippen LogP contribution in [0.4, 0.5) is 13.2 Å². The van der Waals surface area contributed by atoms with Gasteiger partial charge in [0.15, 0.2) is 0 Å². The molecular weight excluding hydrogens is 307 g/mol. The molecule has 0 N–H and O–H groups in total. The van der Waals surface area contributed by atoms with E-state index in [0.717, 1.165) is 42.5 Å². The molecule has 0 fully saturated rings. The summed E-state index contributed by atoms with van der Waals surface area (Å²) in [7, 11) is 0. The van der Waals surface area contributed by atoms with Gasteiger partial charge in [0, 0.05) is 11.9 Å². The van der Waals surface area contributed by atoms with E-state index < -0.39 is 11.7 Å². The van der Waals surface area contributed by atoms with Gasteiger partial charge in [-0.15, -0.1) is 0 Å². The van der Waals surface area contributed by atoms with Crippen LogP contribution in [-0.2, 0) is 12.7 Å². The van der Waals surface area contributed by atoms with E-state index >= 15 is 0 Å². The molecule has 0 aliphatic heterocycles. The third-order valence-electron chi connectivity index (χ3n) is 2.74. The summed E-state index contributed by atoms with van der Waals surface area (Å²) in [5.41, 5.74) is 0.328. The fourth-order valence-corrected chi connectivity index (χ4v) is 1.94. The Morgan fingerprint density at radius 3 is 2.22 bits per heavy atom. The predicted molar refractivity (Wildman–Crippen MR) is 70.8 cm³/mol. The van der Waals surface area contributed by atoms with Crippen molar-refractivity contribution in [3.8, 4) is 0 Å². The van der Waals surface area contributed by atoms with Crippen LogP contribution < -0.4 is 0 Å². The Hall–Kier alpha value is -0.550. The second-order valence-corrected chi connectivity index (χ2v) is 4.90. The van der Waals surface area contributed by atoms with Crippen LogP contribution in [0.1, 0.15) is 24.5 Å². The molecule has 0 aliphatic rings. The normalized spacial score (nSPS) is 12.1. The molecule has 0 saturated heterocycles. The van der Waals surface area contributed by atoms with Crippen LogP contribution in [0.25, 0.3) is 0 Å². The minimum Gasteiger partial charge on any atom is -0.299 e. The number of hydrogen-bond acceptors (Lipinski definition) is 1. The number of rotatable bonds is 6. The Morgan fingerprint density at radius 2 is 1.78 bits per heavy atom. The Balaban J connectivity index is 2.62. The first-order chi connectivity index (χ1) is 8.47. The van der Waals surface area contributed by atoms with Crippen LogP contribution in [-0.4, -0.2) is 23.3 Å². The molecule has 0 aliphatic carbocycles. The average molecular weight is 324 g/mol. The van der Waals surface area contributed by atoms with Crippen molar-refractivity contribution >= 4 is 15.9 Å². The summed E-state index contributed by atoms with van der Waals surface area (Å²) in [4.78, 5) is 2.21. The summed E-state index contributed by atoms with van der Waals surface area (Å²) in [6.07, 6.45) is -3.21. The Morgan fingerprint density at radius 1 is 1.17 bits per heavy atom. The number of alkyl halides is 4. The highest BCUT2D eigenvalue weighted by molar-refractivity contribution is 9.09. The summed E-state index contributed by atoms with van der Waals surface area (Å²) in [6.45, 7) is 4.59. The molecule has 102 valence electrons. The van der Waals surface area contributed by atoms with Gasteiger partial charge in [-0.2, -0.15) is 13.2 Å². The van der Waals surface area contributed by atoms with E-state index in [1.54, 1.807) is 12.1 Å². The van der Waals surface area contributed by atoms with Crippen molar-refractivity contribution in [2.45, 2.75) is 26.1 Å². The molecule has 0 unspecified atom stereocenters. The molecular formula is C13H17BrF3N. The first-order valence-electron chi connectivity index (χ1n) is 5.91. The van der Waals surface area contributed by atoms with E-state index in [9.17, 15) is 13.2 Å². The van der Waals surface area contributed by atoms with Crippen molar-refractivity contribution < 1.29 is 13.2 Å². The molecule has 1 aromatic rings. The lowest BCUT2D eigenvalue weighted by Gasteiger charge is -2.20. The molecule has 18 heavy (non-hydrogen) atoms. The maximum absolute atomic E-state index is 12.4. The highest BCUT2D eigenvalue weighted by Gasteiger charge is 2.29. The quantitative estimate of drug-likeness (QED) is 0.705. The van der Waals surface area contributed by atoms with Gasteiger partial charge in [0.2, 0.25) is 0 Å². The van der Waals surface area contributed by atoms with Gasteiger partial charge in [-0.3, -0.25) is 4.90 Å². The second-order valence-electron chi connectivity index (χ2n) is 4.11. The van der Waals surface area contributed by atoms with Crippen LogP contribution >= 0.6 is 15.9 Å². The van der Waals surface area contributed by atoms with E-state index in [1.807, 2.05) is 0 Å². The summed E-state index contributed by atoms with van der Waals surface area (Å²) in [5, 5.41) is 0.941. The maximum atomic E-state index is 12.4. The summed E-state index contributed by atoms with van der Waals surface area (Å²) >= 11 is 3.37. The fraction of sp³-hybridized carbons (Fsp3) is 0.538. The Bertz CT molecular complexity index is 348. The zero-order chi connectivity index (χ0) is 13.6. The fourth-order valence-electron chi connectivity index (χ4n) is 1.69. The predicted octanol–water partition coefficient (Wildman–Crippen LogP) is 4.31. The molecule has 1 rings (SSSR count). The molecule has 0 aromatic heterocycles. The van der Waals surface area contributed by atoms with Gasteiger partial charge in [0.1, 0.15) is 0 Å². The SMILES string of the molecule is CCN(CCCBr)Cc1ccc(C(F)(F)F)cc1. The topological polar surface area (TPSA) is 3.24 Å². The van der Waals surface area contributed by atoms with E-state index in [4.69, 9.17) is 0 Å². The largest absolute Gasteiger partial charge is 0.416 e. The van der Waals surface area contributed by atoms with Crippen molar-refractivity contribution in [3.63, 3.8) is 0 Å². The molecule has 0 heterocycles. The van der Waals surface area contributed by atoms with Crippen LogP contribution in [0.2, 0.25) is 0 Å². The summed E-state index contributed by atoms with van der Waals surface area (Å²) < 4.78 is 37.2. The van der Waals surface area contributed by atoms with Gasteiger partial charge in [-0.1, -0.05) is 35.0 Å². The van der Waals surface area contributed by atoms with E-state index in [1.165, 1.54) is 0 Å². The minimum atomic E-state index is -4.25. The Kier molecular flexibility index (Phi) is 6.15. The molecule has 0 saturated carbocycles. The Labute approximate surface area is 114 Å².